The van der Waals surface area contributed by atoms with Crippen molar-refractivity contribution in [3.05, 3.63) is 92.6 Å². The average Bonchev–Trinajstić information content (AvgIpc) is 3.10. The number of allylic oxidation sites excluding steroid dienone is 1. The Kier molecular flexibility index (Phi) is 13.5. The normalized spacial score (nSPS) is 14.7. The minimum atomic E-state index is -1.23. The molecule has 1 aliphatic heterocycles. The molecule has 0 bridgehead atoms. The molecule has 15 heteroatoms. The standard InChI is InChI=1S/C35H39BrN4O10/c1-6-47-27-15-23(31-30(34(43)46-5)20(3)38-35(44)39-31)12-13-26(27)49-19-29(41)40-37-17-24-14-25(36)16-28(45-4)32(24)50-18-21-8-10-22(11-9-21)33(42)48-7-2/h8-17,29,31,40-41H,6-7,18-19H2,1-5H3,(H2,38,39,44)/b37-17+/t29-,31+/m0/s1. The second-order valence-corrected chi connectivity index (χ2v) is 11.6. The number of urea groups is 1. The maximum Gasteiger partial charge on any atom is 0.338 e. The van der Waals surface area contributed by atoms with E-state index in [4.69, 9.17) is 28.4 Å². The van der Waals surface area contributed by atoms with Gasteiger partial charge in [-0.2, -0.15) is 5.10 Å². The van der Waals surface area contributed by atoms with Gasteiger partial charge >= 0.3 is 18.0 Å². The molecular weight excluding hydrogens is 716 g/mol. The van der Waals surface area contributed by atoms with Crippen molar-refractivity contribution in [2.75, 3.05) is 34.0 Å². The second kappa shape index (κ2) is 17.9. The van der Waals surface area contributed by atoms with Crippen molar-refractivity contribution in [3.8, 4) is 23.0 Å². The highest BCUT2D eigenvalue weighted by Gasteiger charge is 2.32. The quantitative estimate of drug-likeness (QED) is 0.0689. The van der Waals surface area contributed by atoms with E-state index < -0.39 is 30.2 Å². The van der Waals surface area contributed by atoms with Crippen LogP contribution in [0.15, 0.2) is 75.4 Å². The lowest BCUT2D eigenvalue weighted by molar-refractivity contribution is -0.136. The van der Waals surface area contributed by atoms with Crippen LogP contribution >= 0.6 is 15.9 Å². The number of aliphatic hydroxyl groups is 1. The summed E-state index contributed by atoms with van der Waals surface area (Å²) in [5.41, 5.74) is 5.63. The van der Waals surface area contributed by atoms with Gasteiger partial charge in [-0.1, -0.05) is 34.1 Å². The zero-order chi connectivity index (χ0) is 36.2. The van der Waals surface area contributed by atoms with E-state index in [0.717, 1.165) is 5.56 Å². The first-order valence-corrected chi connectivity index (χ1v) is 16.4. The first-order chi connectivity index (χ1) is 24.1. The van der Waals surface area contributed by atoms with Crippen molar-refractivity contribution in [1.29, 1.82) is 0 Å². The monoisotopic (exact) mass is 754 g/mol. The third kappa shape index (κ3) is 9.66. The predicted molar refractivity (Wildman–Crippen MR) is 186 cm³/mol. The summed E-state index contributed by atoms with van der Waals surface area (Å²) in [5, 5.41) is 20.1. The van der Waals surface area contributed by atoms with Crippen molar-refractivity contribution in [1.82, 2.24) is 16.1 Å². The number of amides is 2. The predicted octanol–water partition coefficient (Wildman–Crippen LogP) is 4.73. The molecule has 1 aliphatic rings. The van der Waals surface area contributed by atoms with Crippen LogP contribution in [0.1, 0.15) is 53.9 Å². The van der Waals surface area contributed by atoms with Gasteiger partial charge in [0.25, 0.3) is 0 Å². The van der Waals surface area contributed by atoms with Gasteiger partial charge in [-0.3, -0.25) is 5.43 Å². The molecule has 2 amide bonds. The van der Waals surface area contributed by atoms with E-state index in [-0.39, 0.29) is 18.8 Å². The number of ether oxygens (including phenoxy) is 6. The van der Waals surface area contributed by atoms with Crippen LogP contribution in [0.4, 0.5) is 4.79 Å². The molecular formula is C35H39BrN4O10. The van der Waals surface area contributed by atoms with Gasteiger partial charge in [-0.15, -0.1) is 0 Å². The van der Waals surface area contributed by atoms with Crippen molar-refractivity contribution in [2.45, 2.75) is 39.6 Å². The second-order valence-electron chi connectivity index (χ2n) is 10.6. The highest BCUT2D eigenvalue weighted by Crippen LogP contribution is 2.36. The highest BCUT2D eigenvalue weighted by atomic mass is 79.9. The Morgan fingerprint density at radius 1 is 0.980 bits per heavy atom. The van der Waals surface area contributed by atoms with E-state index in [9.17, 15) is 19.5 Å². The number of esters is 2. The summed E-state index contributed by atoms with van der Waals surface area (Å²) >= 11 is 3.47. The SMILES string of the molecule is CCOC(=O)c1ccc(COc2c(/C=N/N[C@@H](O)COc3ccc([C@H]4NC(=O)NC(C)=C4C(=O)OC)cc3OCC)cc(Br)cc2OC)cc1. The number of hydrogen-bond donors (Lipinski definition) is 4. The maximum absolute atomic E-state index is 12.5. The molecule has 0 spiro atoms. The smallest absolute Gasteiger partial charge is 0.338 e. The van der Waals surface area contributed by atoms with Crippen molar-refractivity contribution >= 4 is 40.1 Å². The third-order valence-corrected chi connectivity index (χ3v) is 7.67. The number of nitrogens with one attached hydrogen (secondary N) is 3. The molecule has 2 atom stereocenters. The molecule has 3 aromatic carbocycles. The molecule has 4 rings (SSSR count). The molecule has 0 radical (unpaired) electrons. The third-order valence-electron chi connectivity index (χ3n) is 7.22. The number of carbonyl (C=O) groups is 3. The van der Waals surface area contributed by atoms with Crippen LogP contribution in [0.2, 0.25) is 0 Å². The van der Waals surface area contributed by atoms with E-state index in [1.165, 1.54) is 20.4 Å². The summed E-state index contributed by atoms with van der Waals surface area (Å²) in [6, 6.07) is 14.1. The van der Waals surface area contributed by atoms with Crippen LogP contribution in [0.25, 0.3) is 0 Å². The van der Waals surface area contributed by atoms with Gasteiger partial charge in [-0.05, 0) is 68.3 Å². The summed E-state index contributed by atoms with van der Waals surface area (Å²) < 4.78 is 33.9. The lowest BCUT2D eigenvalue weighted by Crippen LogP contribution is -2.45. The zero-order valence-electron chi connectivity index (χ0n) is 28.2. The van der Waals surface area contributed by atoms with Crippen LogP contribution in [0, 0.1) is 0 Å². The molecule has 1 heterocycles. The number of aliphatic hydroxyl groups excluding tert-OH is 1. The van der Waals surface area contributed by atoms with E-state index in [1.807, 2.05) is 0 Å². The minimum Gasteiger partial charge on any atom is -0.493 e. The molecule has 0 fully saturated rings. The van der Waals surface area contributed by atoms with Crippen LogP contribution < -0.4 is 35.0 Å². The van der Waals surface area contributed by atoms with Gasteiger partial charge in [0.05, 0.1) is 50.8 Å². The maximum atomic E-state index is 12.5. The summed E-state index contributed by atoms with van der Waals surface area (Å²) in [4.78, 5) is 36.7. The number of nitrogens with zero attached hydrogens (tertiary/aromatic N) is 1. The largest absolute Gasteiger partial charge is 0.493 e. The number of hydrogen-bond acceptors (Lipinski definition) is 12. The number of rotatable bonds is 16. The number of halogens is 1. The molecule has 0 aromatic heterocycles. The molecule has 3 aromatic rings. The fourth-order valence-electron chi connectivity index (χ4n) is 4.91. The fourth-order valence-corrected chi connectivity index (χ4v) is 5.37. The van der Waals surface area contributed by atoms with Gasteiger partial charge in [0.15, 0.2) is 29.2 Å². The Balaban J connectivity index is 1.42. The zero-order valence-corrected chi connectivity index (χ0v) is 29.8. The van der Waals surface area contributed by atoms with Crippen LogP contribution in [0.3, 0.4) is 0 Å². The Labute approximate surface area is 297 Å². The number of benzene rings is 3. The van der Waals surface area contributed by atoms with Gasteiger partial charge in [-0.25, -0.2) is 14.4 Å². The Morgan fingerprint density at radius 3 is 2.42 bits per heavy atom. The first-order valence-electron chi connectivity index (χ1n) is 15.6. The molecule has 4 N–H and O–H groups in total. The minimum absolute atomic E-state index is 0.177. The summed E-state index contributed by atoms with van der Waals surface area (Å²) in [6.07, 6.45) is 0.245. The average molecular weight is 756 g/mol. The van der Waals surface area contributed by atoms with Gasteiger partial charge in [0.2, 0.25) is 0 Å². The lowest BCUT2D eigenvalue weighted by Gasteiger charge is -2.28. The number of hydrazone groups is 1. The van der Waals surface area contributed by atoms with E-state index in [2.05, 4.69) is 37.1 Å². The molecule has 266 valence electrons. The van der Waals surface area contributed by atoms with Crippen LogP contribution in [0.5, 0.6) is 23.0 Å². The van der Waals surface area contributed by atoms with Gasteiger partial charge < -0.3 is 44.2 Å². The molecule has 0 unspecified atom stereocenters. The Bertz CT molecular complexity index is 1750. The molecule has 50 heavy (non-hydrogen) atoms. The van der Waals surface area contributed by atoms with Gasteiger partial charge in [0.1, 0.15) is 13.2 Å². The first kappa shape index (κ1) is 37.5. The summed E-state index contributed by atoms with van der Waals surface area (Å²) in [7, 11) is 2.78. The summed E-state index contributed by atoms with van der Waals surface area (Å²) in [6.45, 7) is 5.73. The Morgan fingerprint density at radius 2 is 1.74 bits per heavy atom. The fraction of sp³-hybridized carbons (Fsp3) is 0.314. The van der Waals surface area contributed by atoms with Crippen LogP contribution in [-0.4, -0.2) is 69.6 Å². The summed E-state index contributed by atoms with van der Waals surface area (Å²) in [5.74, 6) is 0.544. The molecule has 0 aliphatic carbocycles. The molecule has 14 nitrogen and oxygen atoms in total. The van der Waals surface area contributed by atoms with E-state index in [0.29, 0.717) is 63.1 Å². The van der Waals surface area contributed by atoms with E-state index in [1.54, 1.807) is 75.4 Å². The van der Waals surface area contributed by atoms with Gasteiger partial charge in [0, 0.05) is 15.7 Å². The van der Waals surface area contributed by atoms with Crippen molar-refractivity contribution in [2.24, 2.45) is 5.10 Å². The highest BCUT2D eigenvalue weighted by molar-refractivity contribution is 9.10. The van der Waals surface area contributed by atoms with Crippen molar-refractivity contribution in [3.63, 3.8) is 0 Å². The van der Waals surface area contributed by atoms with Crippen LogP contribution in [-0.2, 0) is 20.9 Å². The lowest BCUT2D eigenvalue weighted by atomic mass is 9.95. The van der Waals surface area contributed by atoms with Crippen molar-refractivity contribution < 1.29 is 47.9 Å². The Hall–Kier alpha value is -5.28. The number of methoxy groups -OCH3 is 2. The van der Waals surface area contributed by atoms with E-state index >= 15 is 0 Å². The topological polar surface area (TPSA) is 175 Å². The molecule has 0 saturated carbocycles. The molecule has 0 saturated heterocycles. The number of carbonyl (C=O) groups excluding carboxylic acids is 3.